The first-order valence-electron chi connectivity index (χ1n) is 6.22. The van der Waals surface area contributed by atoms with Gasteiger partial charge in [-0.2, -0.15) is 0 Å². The zero-order valence-electron chi connectivity index (χ0n) is 10.3. The van der Waals surface area contributed by atoms with E-state index in [0.29, 0.717) is 5.92 Å². The number of halogens is 1. The van der Waals surface area contributed by atoms with Crippen LogP contribution in [0.4, 0.5) is 0 Å². The number of carboxylic acids is 1. The molecule has 18 heavy (non-hydrogen) atoms. The molecule has 0 radical (unpaired) electrons. The summed E-state index contributed by atoms with van der Waals surface area (Å²) in [6.45, 7) is 2.21. The predicted octanol–water partition coefficient (Wildman–Crippen LogP) is 4.43. The van der Waals surface area contributed by atoms with Gasteiger partial charge < -0.3 is 5.11 Å². The summed E-state index contributed by atoms with van der Waals surface area (Å²) in [6.07, 6.45) is 2.82. The molecule has 3 atom stereocenters. The van der Waals surface area contributed by atoms with Crippen LogP contribution in [0.1, 0.15) is 26.2 Å². The van der Waals surface area contributed by atoms with Crippen LogP contribution in [-0.4, -0.2) is 16.3 Å². The molecule has 1 aromatic carbocycles. The van der Waals surface area contributed by atoms with Crippen molar-refractivity contribution in [1.29, 1.82) is 0 Å². The van der Waals surface area contributed by atoms with Gasteiger partial charge in [-0.3, -0.25) is 4.79 Å². The summed E-state index contributed by atoms with van der Waals surface area (Å²) >= 11 is 5.23. The largest absolute Gasteiger partial charge is 0.481 e. The summed E-state index contributed by atoms with van der Waals surface area (Å²) in [5.74, 6) is -0.231. The number of hydrogen-bond donors (Lipinski definition) is 1. The van der Waals surface area contributed by atoms with Crippen molar-refractivity contribution in [3.63, 3.8) is 0 Å². The summed E-state index contributed by atoms with van der Waals surface area (Å²) < 4.78 is 1.05. The second-order valence-electron chi connectivity index (χ2n) is 4.95. The fourth-order valence-corrected chi connectivity index (χ4v) is 4.52. The third-order valence-corrected chi connectivity index (χ3v) is 5.87. The summed E-state index contributed by atoms with van der Waals surface area (Å²) in [7, 11) is 0. The maximum absolute atomic E-state index is 11.3. The first-order chi connectivity index (χ1) is 8.58. The van der Waals surface area contributed by atoms with Crippen LogP contribution < -0.4 is 0 Å². The Kier molecular flexibility index (Phi) is 4.73. The van der Waals surface area contributed by atoms with E-state index in [4.69, 9.17) is 0 Å². The van der Waals surface area contributed by atoms with Gasteiger partial charge in [-0.15, -0.1) is 11.8 Å². The monoisotopic (exact) mass is 328 g/mol. The molecule has 4 heteroatoms. The molecule has 1 aliphatic carbocycles. The molecule has 0 spiro atoms. The molecule has 0 saturated heterocycles. The zero-order valence-corrected chi connectivity index (χ0v) is 12.7. The topological polar surface area (TPSA) is 37.3 Å². The fourth-order valence-electron chi connectivity index (χ4n) is 2.44. The zero-order chi connectivity index (χ0) is 13.1. The molecule has 3 unspecified atom stereocenters. The van der Waals surface area contributed by atoms with Gasteiger partial charge in [0.05, 0.1) is 5.92 Å². The van der Waals surface area contributed by atoms with Crippen LogP contribution in [-0.2, 0) is 4.79 Å². The highest BCUT2D eigenvalue weighted by atomic mass is 79.9. The van der Waals surface area contributed by atoms with Crippen molar-refractivity contribution in [1.82, 2.24) is 0 Å². The van der Waals surface area contributed by atoms with Crippen LogP contribution in [0.15, 0.2) is 33.6 Å². The number of hydrogen-bond acceptors (Lipinski definition) is 2. The second-order valence-corrected chi connectivity index (χ2v) is 7.09. The van der Waals surface area contributed by atoms with E-state index in [9.17, 15) is 9.90 Å². The third kappa shape index (κ3) is 3.29. The van der Waals surface area contributed by atoms with Crippen molar-refractivity contribution >= 4 is 33.7 Å². The minimum absolute atomic E-state index is 0.185. The van der Waals surface area contributed by atoms with Crippen LogP contribution in [0.5, 0.6) is 0 Å². The first kappa shape index (κ1) is 13.9. The molecule has 2 rings (SSSR count). The maximum atomic E-state index is 11.3. The number of benzene rings is 1. The van der Waals surface area contributed by atoms with Crippen LogP contribution in [0.2, 0.25) is 0 Å². The highest BCUT2D eigenvalue weighted by Crippen LogP contribution is 2.41. The fraction of sp³-hybridized carbons (Fsp3) is 0.500. The van der Waals surface area contributed by atoms with Gasteiger partial charge in [-0.05, 0) is 53.2 Å². The summed E-state index contributed by atoms with van der Waals surface area (Å²) in [6, 6.07) is 8.03. The van der Waals surface area contributed by atoms with Gasteiger partial charge in [-0.25, -0.2) is 0 Å². The Hall–Kier alpha value is -0.480. The Balaban J connectivity index is 2.14. The quantitative estimate of drug-likeness (QED) is 0.891. The predicted molar refractivity (Wildman–Crippen MR) is 77.9 cm³/mol. The minimum Gasteiger partial charge on any atom is -0.481 e. The van der Waals surface area contributed by atoms with Crippen molar-refractivity contribution < 1.29 is 9.90 Å². The van der Waals surface area contributed by atoms with Crippen LogP contribution >= 0.6 is 27.7 Å². The maximum Gasteiger partial charge on any atom is 0.307 e. The van der Waals surface area contributed by atoms with Crippen LogP contribution in [0, 0.1) is 11.8 Å². The van der Waals surface area contributed by atoms with Crippen molar-refractivity contribution in [2.24, 2.45) is 11.8 Å². The molecule has 1 fully saturated rings. The molecule has 0 amide bonds. The molecule has 0 bridgehead atoms. The lowest BCUT2D eigenvalue weighted by Crippen LogP contribution is -2.32. The molecular formula is C14H17BrO2S. The smallest absolute Gasteiger partial charge is 0.307 e. The summed E-state index contributed by atoms with van der Waals surface area (Å²) in [5, 5.41) is 9.50. The average molecular weight is 329 g/mol. The lowest BCUT2D eigenvalue weighted by atomic mass is 9.82. The summed E-state index contributed by atoms with van der Waals surface area (Å²) in [5.41, 5.74) is 0. The van der Waals surface area contributed by atoms with Gasteiger partial charge in [0.1, 0.15) is 0 Å². The van der Waals surface area contributed by atoms with Gasteiger partial charge in [-0.1, -0.05) is 19.1 Å². The van der Waals surface area contributed by atoms with Gasteiger partial charge in [0.15, 0.2) is 0 Å². The van der Waals surface area contributed by atoms with E-state index in [2.05, 4.69) is 22.9 Å². The first-order valence-corrected chi connectivity index (χ1v) is 7.89. The van der Waals surface area contributed by atoms with Gasteiger partial charge >= 0.3 is 5.97 Å². The lowest BCUT2D eigenvalue weighted by Gasteiger charge is -2.32. The van der Waals surface area contributed by atoms with E-state index in [1.807, 2.05) is 24.3 Å². The van der Waals surface area contributed by atoms with Crippen molar-refractivity contribution in [3.05, 3.63) is 28.7 Å². The Morgan fingerprint density at radius 2 is 2.11 bits per heavy atom. The number of aliphatic carboxylic acids is 1. The van der Waals surface area contributed by atoms with Gasteiger partial charge in [0.2, 0.25) is 0 Å². The van der Waals surface area contributed by atoms with E-state index in [0.717, 1.165) is 28.6 Å². The average Bonchev–Trinajstić information content (AvgIpc) is 2.32. The molecule has 0 aliphatic heterocycles. The van der Waals surface area contributed by atoms with E-state index >= 15 is 0 Å². The number of thioether (sulfide) groups is 1. The van der Waals surface area contributed by atoms with E-state index in [-0.39, 0.29) is 11.2 Å². The number of carboxylic acid groups (broad SMARTS) is 1. The molecule has 0 aromatic heterocycles. The minimum atomic E-state index is -0.647. The van der Waals surface area contributed by atoms with Crippen molar-refractivity contribution in [2.45, 2.75) is 36.3 Å². The highest BCUT2D eigenvalue weighted by Gasteiger charge is 2.34. The van der Waals surface area contributed by atoms with E-state index in [1.165, 1.54) is 0 Å². The number of carbonyl (C=O) groups is 1. The summed E-state index contributed by atoms with van der Waals surface area (Å²) in [4.78, 5) is 12.5. The van der Waals surface area contributed by atoms with Gasteiger partial charge in [0.25, 0.3) is 0 Å². The van der Waals surface area contributed by atoms with E-state index in [1.54, 1.807) is 11.8 Å². The molecular weight excluding hydrogens is 312 g/mol. The molecule has 1 N–H and O–H groups in total. The molecule has 1 saturated carbocycles. The standard InChI is InChI=1S/C14H17BrO2S/c1-9-6-7-10(14(16)17)13(8-9)18-12-5-3-2-4-11(12)15/h2-5,9-10,13H,6-8H2,1H3,(H,16,17). The Morgan fingerprint density at radius 1 is 1.39 bits per heavy atom. The normalized spacial score (nSPS) is 28.0. The van der Waals surface area contributed by atoms with Crippen LogP contribution in [0.3, 0.4) is 0 Å². The molecule has 1 aromatic rings. The number of rotatable bonds is 3. The van der Waals surface area contributed by atoms with Gasteiger partial charge in [0, 0.05) is 14.6 Å². The molecule has 2 nitrogen and oxygen atoms in total. The SMILES string of the molecule is CC1CCC(C(=O)O)C(Sc2ccccc2Br)C1. The highest BCUT2D eigenvalue weighted by molar-refractivity contribution is 9.10. The third-order valence-electron chi connectivity index (χ3n) is 3.49. The Bertz CT molecular complexity index is 436. The van der Waals surface area contributed by atoms with Crippen molar-refractivity contribution in [3.8, 4) is 0 Å². The van der Waals surface area contributed by atoms with E-state index < -0.39 is 5.97 Å². The van der Waals surface area contributed by atoms with Crippen LogP contribution in [0.25, 0.3) is 0 Å². The Labute approximate surface area is 120 Å². The van der Waals surface area contributed by atoms with Crippen molar-refractivity contribution in [2.75, 3.05) is 0 Å². The molecule has 98 valence electrons. The molecule has 1 aliphatic rings. The molecule has 0 heterocycles. The lowest BCUT2D eigenvalue weighted by molar-refractivity contribution is -0.142. The Morgan fingerprint density at radius 3 is 2.78 bits per heavy atom. The second kappa shape index (κ2) is 6.11.